The van der Waals surface area contributed by atoms with Crippen molar-refractivity contribution in [2.45, 2.75) is 45.1 Å². The predicted molar refractivity (Wildman–Crippen MR) is 80.2 cm³/mol. The number of amides is 2. The van der Waals surface area contributed by atoms with Gasteiger partial charge in [-0.1, -0.05) is 6.92 Å². The highest BCUT2D eigenvalue weighted by atomic mass is 16.4. The number of carbonyl (C=O) groups excluding carboxylic acids is 1. The molecule has 0 spiro atoms. The van der Waals surface area contributed by atoms with Crippen LogP contribution in [0, 0.1) is 5.41 Å². The number of carbonyl (C=O) groups is 2. The van der Waals surface area contributed by atoms with Crippen LogP contribution in [0.25, 0.3) is 0 Å². The number of carboxylic acids is 1. The number of rotatable bonds is 6. The molecule has 0 aromatic carbocycles. The van der Waals surface area contributed by atoms with E-state index in [1.165, 1.54) is 12.8 Å². The van der Waals surface area contributed by atoms with Gasteiger partial charge >= 0.3 is 12.0 Å². The number of piperidine rings is 1. The fraction of sp³-hybridized carbons (Fsp3) is 0.867. The lowest BCUT2D eigenvalue weighted by Gasteiger charge is -2.38. The van der Waals surface area contributed by atoms with Crippen LogP contribution in [0.1, 0.15) is 39.0 Å². The number of nitrogens with zero attached hydrogens (tertiary/aromatic N) is 2. The number of likely N-dealkylation sites (N-methyl/N-ethyl adjacent to an activating group) is 1. The Morgan fingerprint density at radius 3 is 2.43 bits per heavy atom. The summed E-state index contributed by atoms with van der Waals surface area (Å²) in [5.41, 5.74) is -0.636. The lowest BCUT2D eigenvalue weighted by molar-refractivity contribution is -0.151. The van der Waals surface area contributed by atoms with E-state index in [4.69, 9.17) is 0 Å². The van der Waals surface area contributed by atoms with Crippen molar-refractivity contribution < 1.29 is 14.7 Å². The first-order chi connectivity index (χ1) is 9.98. The third-order valence-electron chi connectivity index (χ3n) is 5.05. The number of aliphatic carboxylic acids is 1. The van der Waals surface area contributed by atoms with Gasteiger partial charge in [-0.2, -0.15) is 0 Å². The zero-order valence-corrected chi connectivity index (χ0v) is 13.1. The Morgan fingerprint density at radius 1 is 1.33 bits per heavy atom. The van der Waals surface area contributed by atoms with Crippen molar-refractivity contribution in [3.8, 4) is 0 Å². The Hall–Kier alpha value is -1.30. The Bertz CT molecular complexity index is 388. The Labute approximate surface area is 126 Å². The second kappa shape index (κ2) is 6.64. The minimum atomic E-state index is -0.726. The quantitative estimate of drug-likeness (QED) is 0.776. The molecule has 120 valence electrons. The lowest BCUT2D eigenvalue weighted by atomic mass is 9.76. The van der Waals surface area contributed by atoms with Crippen LogP contribution >= 0.6 is 0 Å². The fourth-order valence-electron chi connectivity index (χ4n) is 3.01. The van der Waals surface area contributed by atoms with Gasteiger partial charge in [-0.3, -0.25) is 4.79 Å². The molecule has 21 heavy (non-hydrogen) atoms. The number of nitrogens with one attached hydrogen (secondary N) is 1. The zero-order chi connectivity index (χ0) is 15.5. The van der Waals surface area contributed by atoms with Crippen molar-refractivity contribution in [3.63, 3.8) is 0 Å². The minimum absolute atomic E-state index is 0.0608. The summed E-state index contributed by atoms with van der Waals surface area (Å²) in [6.45, 7) is 4.50. The van der Waals surface area contributed by atoms with Crippen LogP contribution in [-0.4, -0.2) is 66.2 Å². The van der Waals surface area contributed by atoms with Gasteiger partial charge < -0.3 is 20.2 Å². The Balaban J connectivity index is 1.71. The topological polar surface area (TPSA) is 72.9 Å². The molecular weight excluding hydrogens is 270 g/mol. The number of urea groups is 1. The summed E-state index contributed by atoms with van der Waals surface area (Å²) in [6.07, 6.45) is 4.27. The maximum absolute atomic E-state index is 12.1. The molecule has 1 saturated carbocycles. The highest BCUT2D eigenvalue weighted by molar-refractivity contribution is 5.77. The van der Waals surface area contributed by atoms with E-state index in [2.05, 4.69) is 17.3 Å². The molecule has 2 N–H and O–H groups in total. The highest BCUT2D eigenvalue weighted by Crippen LogP contribution is 2.35. The maximum Gasteiger partial charge on any atom is 0.317 e. The van der Waals surface area contributed by atoms with Crippen LogP contribution in [0.15, 0.2) is 0 Å². The summed E-state index contributed by atoms with van der Waals surface area (Å²) in [7, 11) is 2.09. The monoisotopic (exact) mass is 297 g/mol. The van der Waals surface area contributed by atoms with Gasteiger partial charge in [0.1, 0.15) is 0 Å². The van der Waals surface area contributed by atoms with E-state index in [1.807, 2.05) is 6.92 Å². The van der Waals surface area contributed by atoms with Gasteiger partial charge in [0.15, 0.2) is 0 Å². The Kier molecular flexibility index (Phi) is 5.08. The standard InChI is InChI=1S/C15H27N3O3/c1-3-15(13(19)20)6-9-18(10-7-15)14(21)16-8-11-17(2)12-4-5-12/h12H,3-11H2,1-2H3,(H,16,21)(H,19,20). The SMILES string of the molecule is CCC1(C(=O)O)CCN(C(=O)NCCN(C)C2CC2)CC1. The summed E-state index contributed by atoms with van der Waals surface area (Å²) >= 11 is 0. The molecule has 1 aliphatic carbocycles. The molecule has 6 nitrogen and oxygen atoms in total. The molecule has 0 aromatic rings. The van der Waals surface area contributed by atoms with Crippen molar-refractivity contribution in [2.24, 2.45) is 5.41 Å². The molecule has 0 aromatic heterocycles. The van der Waals surface area contributed by atoms with E-state index in [0.717, 1.165) is 6.54 Å². The van der Waals surface area contributed by atoms with Gasteiger partial charge in [-0.15, -0.1) is 0 Å². The molecular formula is C15H27N3O3. The first kappa shape index (κ1) is 16.1. The third kappa shape index (κ3) is 3.87. The second-order valence-electron chi connectivity index (χ2n) is 6.37. The molecule has 2 fully saturated rings. The maximum atomic E-state index is 12.1. The van der Waals surface area contributed by atoms with E-state index in [9.17, 15) is 14.7 Å². The minimum Gasteiger partial charge on any atom is -0.481 e. The van der Waals surface area contributed by atoms with Crippen molar-refractivity contribution in [3.05, 3.63) is 0 Å². The average molecular weight is 297 g/mol. The van der Waals surface area contributed by atoms with Gasteiger partial charge in [0.05, 0.1) is 5.41 Å². The normalized spacial score (nSPS) is 21.4. The molecule has 0 radical (unpaired) electrons. The van der Waals surface area contributed by atoms with E-state index in [0.29, 0.717) is 44.9 Å². The van der Waals surface area contributed by atoms with Gasteiger partial charge in [-0.25, -0.2) is 4.79 Å². The van der Waals surface area contributed by atoms with Crippen LogP contribution in [0.2, 0.25) is 0 Å². The first-order valence-electron chi connectivity index (χ1n) is 7.95. The molecule has 2 rings (SSSR count). The molecule has 1 aliphatic heterocycles. The van der Waals surface area contributed by atoms with Gasteiger partial charge in [-0.05, 0) is 39.2 Å². The largest absolute Gasteiger partial charge is 0.481 e. The zero-order valence-electron chi connectivity index (χ0n) is 13.1. The number of hydrogen-bond donors (Lipinski definition) is 2. The van der Waals surface area contributed by atoms with E-state index in [-0.39, 0.29) is 6.03 Å². The van der Waals surface area contributed by atoms with Crippen LogP contribution in [0.3, 0.4) is 0 Å². The van der Waals surface area contributed by atoms with Gasteiger partial charge in [0.2, 0.25) is 0 Å². The first-order valence-corrected chi connectivity index (χ1v) is 7.95. The summed E-state index contributed by atoms with van der Waals surface area (Å²) in [4.78, 5) is 27.5. The van der Waals surface area contributed by atoms with Crippen molar-refractivity contribution in [1.29, 1.82) is 0 Å². The summed E-state index contributed by atoms with van der Waals surface area (Å²) in [5.74, 6) is -0.726. The molecule has 1 heterocycles. The van der Waals surface area contributed by atoms with E-state index < -0.39 is 11.4 Å². The molecule has 6 heteroatoms. The van der Waals surface area contributed by atoms with Crippen molar-refractivity contribution in [1.82, 2.24) is 15.1 Å². The molecule has 0 bridgehead atoms. The molecule has 0 atom stereocenters. The summed E-state index contributed by atoms with van der Waals surface area (Å²) in [5, 5.41) is 12.3. The van der Waals surface area contributed by atoms with E-state index in [1.54, 1.807) is 4.90 Å². The molecule has 2 aliphatic rings. The van der Waals surface area contributed by atoms with Crippen LogP contribution in [0.4, 0.5) is 4.79 Å². The Morgan fingerprint density at radius 2 is 1.95 bits per heavy atom. The molecule has 2 amide bonds. The average Bonchev–Trinajstić information content (AvgIpc) is 3.31. The van der Waals surface area contributed by atoms with Gasteiger partial charge in [0, 0.05) is 32.2 Å². The summed E-state index contributed by atoms with van der Waals surface area (Å²) < 4.78 is 0. The molecule has 0 unspecified atom stereocenters. The fourth-order valence-corrected chi connectivity index (χ4v) is 3.01. The van der Waals surface area contributed by atoms with Crippen LogP contribution in [0.5, 0.6) is 0 Å². The second-order valence-corrected chi connectivity index (χ2v) is 6.37. The lowest BCUT2D eigenvalue weighted by Crippen LogP contribution is -2.50. The van der Waals surface area contributed by atoms with Crippen molar-refractivity contribution >= 4 is 12.0 Å². The third-order valence-corrected chi connectivity index (χ3v) is 5.05. The highest BCUT2D eigenvalue weighted by Gasteiger charge is 2.40. The van der Waals surface area contributed by atoms with Gasteiger partial charge in [0.25, 0.3) is 0 Å². The van der Waals surface area contributed by atoms with Crippen LogP contribution in [-0.2, 0) is 4.79 Å². The smallest absolute Gasteiger partial charge is 0.317 e. The van der Waals surface area contributed by atoms with Crippen LogP contribution < -0.4 is 5.32 Å². The number of carboxylic acid groups (broad SMARTS) is 1. The number of likely N-dealkylation sites (tertiary alicyclic amines) is 1. The predicted octanol–water partition coefficient (Wildman–Crippen LogP) is 1.37. The van der Waals surface area contributed by atoms with Crippen molar-refractivity contribution in [2.75, 3.05) is 33.2 Å². The summed E-state index contributed by atoms with van der Waals surface area (Å²) in [6, 6.07) is 0.645. The molecule has 1 saturated heterocycles. The van der Waals surface area contributed by atoms with E-state index >= 15 is 0 Å². The number of hydrogen-bond acceptors (Lipinski definition) is 3.